The highest BCUT2D eigenvalue weighted by Gasteiger charge is 2.49. The predicted molar refractivity (Wildman–Crippen MR) is 52.5 cm³/mol. The van der Waals surface area contributed by atoms with Crippen molar-refractivity contribution in [1.29, 1.82) is 0 Å². The average Bonchev–Trinajstić information content (AvgIpc) is 2.68. The molecule has 1 N–H and O–H groups in total. The van der Waals surface area contributed by atoms with Gasteiger partial charge in [0.1, 0.15) is 6.17 Å². The van der Waals surface area contributed by atoms with Crippen molar-refractivity contribution in [1.82, 2.24) is 0 Å². The quantitative estimate of drug-likeness (QED) is 0.642. The molecule has 0 amide bonds. The van der Waals surface area contributed by atoms with Crippen molar-refractivity contribution < 1.29 is 0 Å². The van der Waals surface area contributed by atoms with Gasteiger partial charge >= 0.3 is 0 Å². The van der Waals surface area contributed by atoms with Gasteiger partial charge in [0, 0.05) is 12.1 Å². The zero-order valence-corrected chi connectivity index (χ0v) is 7.20. The summed E-state index contributed by atoms with van der Waals surface area (Å²) in [4.78, 5) is 2.37. The molecule has 0 bridgehead atoms. The molecule has 64 valence electrons. The molecule has 0 aromatic heterocycles. The molecule has 2 heterocycles. The van der Waals surface area contributed by atoms with Gasteiger partial charge in [-0.25, -0.2) is 0 Å². The predicted octanol–water partition coefficient (Wildman–Crippen LogP) is 2.16. The van der Waals surface area contributed by atoms with E-state index in [0.29, 0.717) is 6.17 Å². The molecule has 13 heavy (non-hydrogen) atoms. The second-order valence-electron chi connectivity index (χ2n) is 4.03. The second kappa shape index (κ2) is 1.74. The minimum Gasteiger partial charge on any atom is -0.363 e. The van der Waals surface area contributed by atoms with Crippen molar-refractivity contribution in [3.05, 3.63) is 36.0 Å². The largest absolute Gasteiger partial charge is 0.363 e. The molecule has 0 saturated heterocycles. The summed E-state index contributed by atoms with van der Waals surface area (Å²) in [5.74, 6) is 0.799. The number of nitrogens with one attached hydrogen (secondary N) is 1. The molecular formula is C11H10N2. The first kappa shape index (κ1) is 6.08. The second-order valence-corrected chi connectivity index (χ2v) is 4.03. The van der Waals surface area contributed by atoms with Crippen LogP contribution in [0.2, 0.25) is 0 Å². The van der Waals surface area contributed by atoms with Crippen LogP contribution in [0.15, 0.2) is 36.0 Å². The van der Waals surface area contributed by atoms with E-state index < -0.39 is 0 Å². The Balaban J connectivity index is 1.91. The number of hydrogen-bond acceptors (Lipinski definition) is 2. The Hall–Kier alpha value is -1.44. The van der Waals surface area contributed by atoms with Gasteiger partial charge in [-0.1, -0.05) is 12.1 Å². The van der Waals surface area contributed by atoms with Gasteiger partial charge in [-0.15, -0.1) is 0 Å². The lowest BCUT2D eigenvalue weighted by Crippen LogP contribution is -2.30. The smallest absolute Gasteiger partial charge is 0.110 e. The first-order chi connectivity index (χ1) is 6.43. The Labute approximate surface area is 76.9 Å². The molecule has 3 aliphatic rings. The summed E-state index contributed by atoms with van der Waals surface area (Å²) in [6, 6.07) is 8.53. The lowest BCUT2D eigenvalue weighted by Gasteiger charge is -2.18. The Kier molecular flexibility index (Phi) is 0.813. The number of fused-ring (bicyclic) bond motifs is 5. The van der Waals surface area contributed by atoms with E-state index in [1.165, 1.54) is 17.8 Å². The number of hydrogen-bond donors (Lipinski definition) is 1. The van der Waals surface area contributed by atoms with E-state index in [1.807, 2.05) is 0 Å². The van der Waals surface area contributed by atoms with Crippen LogP contribution in [0.25, 0.3) is 0 Å². The molecule has 0 radical (unpaired) electrons. The highest BCUT2D eigenvalue weighted by Crippen LogP contribution is 2.53. The van der Waals surface area contributed by atoms with E-state index in [4.69, 9.17) is 0 Å². The fourth-order valence-electron chi connectivity index (χ4n) is 2.48. The van der Waals surface area contributed by atoms with E-state index in [0.717, 1.165) is 5.92 Å². The van der Waals surface area contributed by atoms with Crippen molar-refractivity contribution in [3.8, 4) is 0 Å². The SMILES string of the molecule is C1=C2CC2C2Nc3ccccc3N12. The number of rotatable bonds is 0. The number of benzene rings is 1. The first-order valence-corrected chi connectivity index (χ1v) is 4.78. The van der Waals surface area contributed by atoms with Crippen molar-refractivity contribution in [2.45, 2.75) is 12.6 Å². The molecule has 1 aromatic rings. The Bertz CT molecular complexity index is 422. The Morgan fingerprint density at radius 2 is 2.23 bits per heavy atom. The van der Waals surface area contributed by atoms with E-state index in [-0.39, 0.29) is 0 Å². The maximum Gasteiger partial charge on any atom is 0.110 e. The highest BCUT2D eigenvalue weighted by molar-refractivity contribution is 5.80. The Morgan fingerprint density at radius 3 is 3.23 bits per heavy atom. The van der Waals surface area contributed by atoms with E-state index in [1.54, 1.807) is 5.57 Å². The van der Waals surface area contributed by atoms with Gasteiger partial charge in [0.15, 0.2) is 0 Å². The lowest BCUT2D eigenvalue weighted by atomic mass is 10.3. The third-order valence-electron chi connectivity index (χ3n) is 3.24. The molecule has 1 fully saturated rings. The zero-order chi connectivity index (χ0) is 8.41. The van der Waals surface area contributed by atoms with Gasteiger partial charge < -0.3 is 10.2 Å². The van der Waals surface area contributed by atoms with Crippen LogP contribution in [0.3, 0.4) is 0 Å². The monoisotopic (exact) mass is 170 g/mol. The van der Waals surface area contributed by atoms with Gasteiger partial charge in [0.05, 0.1) is 11.4 Å². The van der Waals surface area contributed by atoms with Gasteiger partial charge in [-0.3, -0.25) is 0 Å². The van der Waals surface area contributed by atoms with Crippen LogP contribution in [-0.4, -0.2) is 6.17 Å². The maximum atomic E-state index is 3.56. The third kappa shape index (κ3) is 0.612. The summed E-state index contributed by atoms with van der Waals surface area (Å²) in [5.41, 5.74) is 4.24. The van der Waals surface area contributed by atoms with Crippen LogP contribution < -0.4 is 10.2 Å². The van der Waals surface area contributed by atoms with E-state index in [2.05, 4.69) is 40.7 Å². The number of nitrogens with zero attached hydrogens (tertiary/aromatic N) is 1. The minimum absolute atomic E-state index is 0.535. The molecule has 2 nitrogen and oxygen atoms in total. The zero-order valence-electron chi connectivity index (χ0n) is 7.20. The average molecular weight is 170 g/mol. The molecule has 1 aliphatic carbocycles. The topological polar surface area (TPSA) is 15.3 Å². The summed E-state index contributed by atoms with van der Waals surface area (Å²) >= 11 is 0. The fraction of sp³-hybridized carbons (Fsp3) is 0.273. The van der Waals surface area contributed by atoms with Crippen LogP contribution in [0.4, 0.5) is 11.4 Å². The van der Waals surface area contributed by atoms with Gasteiger partial charge in [-0.2, -0.15) is 0 Å². The molecule has 2 unspecified atom stereocenters. The van der Waals surface area contributed by atoms with Crippen LogP contribution in [-0.2, 0) is 0 Å². The molecule has 1 aromatic carbocycles. The van der Waals surface area contributed by atoms with Gasteiger partial charge in [-0.05, 0) is 24.1 Å². The summed E-state index contributed by atoms with van der Waals surface area (Å²) in [6.45, 7) is 0. The van der Waals surface area contributed by atoms with E-state index >= 15 is 0 Å². The lowest BCUT2D eigenvalue weighted by molar-refractivity contribution is 0.702. The molecule has 2 heteroatoms. The minimum atomic E-state index is 0.535. The molecule has 1 saturated carbocycles. The molecule has 2 aliphatic heterocycles. The molecule has 0 spiro atoms. The number of anilines is 2. The standard InChI is InChI=1S/C11H10N2/c1-2-4-10-9(3-1)12-11-8-5-7(8)6-13(10)11/h1-4,6,8,11-12H,5H2. The summed E-state index contributed by atoms with van der Waals surface area (Å²) in [6.07, 6.45) is 4.16. The van der Waals surface area contributed by atoms with Crippen molar-refractivity contribution in [2.24, 2.45) is 5.92 Å². The molecular weight excluding hydrogens is 160 g/mol. The van der Waals surface area contributed by atoms with Gasteiger partial charge in [0.2, 0.25) is 0 Å². The molecule has 2 atom stereocenters. The summed E-state index contributed by atoms with van der Waals surface area (Å²) in [7, 11) is 0. The van der Waals surface area contributed by atoms with Crippen molar-refractivity contribution in [2.75, 3.05) is 10.2 Å². The van der Waals surface area contributed by atoms with Crippen LogP contribution in [0.5, 0.6) is 0 Å². The normalized spacial score (nSPS) is 31.7. The maximum absolute atomic E-state index is 3.56. The van der Waals surface area contributed by atoms with E-state index in [9.17, 15) is 0 Å². The fourth-order valence-corrected chi connectivity index (χ4v) is 2.48. The van der Waals surface area contributed by atoms with Crippen molar-refractivity contribution in [3.63, 3.8) is 0 Å². The van der Waals surface area contributed by atoms with Crippen LogP contribution in [0.1, 0.15) is 6.42 Å². The van der Waals surface area contributed by atoms with Crippen LogP contribution >= 0.6 is 0 Å². The highest BCUT2D eigenvalue weighted by atomic mass is 15.3. The Morgan fingerprint density at radius 1 is 1.31 bits per heavy atom. The summed E-state index contributed by atoms with van der Waals surface area (Å²) in [5, 5.41) is 3.56. The summed E-state index contributed by atoms with van der Waals surface area (Å²) < 4.78 is 0. The van der Waals surface area contributed by atoms with Crippen molar-refractivity contribution >= 4 is 11.4 Å². The number of para-hydroxylation sites is 2. The first-order valence-electron chi connectivity index (χ1n) is 4.78. The molecule has 4 rings (SSSR count). The van der Waals surface area contributed by atoms with Crippen LogP contribution in [0, 0.1) is 5.92 Å². The third-order valence-corrected chi connectivity index (χ3v) is 3.24. The van der Waals surface area contributed by atoms with Gasteiger partial charge in [0.25, 0.3) is 0 Å².